The predicted octanol–water partition coefficient (Wildman–Crippen LogP) is 1.63. The van der Waals surface area contributed by atoms with Gasteiger partial charge in [0.1, 0.15) is 0 Å². The number of esters is 1. The van der Waals surface area contributed by atoms with Gasteiger partial charge in [0.05, 0.1) is 6.61 Å². The van der Waals surface area contributed by atoms with Crippen LogP contribution in [0.5, 0.6) is 0 Å². The Kier molecular flexibility index (Phi) is 4.74. The number of carbonyl (C=O) groups excluding carboxylic acids is 1. The zero-order valence-corrected chi connectivity index (χ0v) is 9.13. The number of thiol groups is 3. The number of ether oxygens (including phenoxy) is 1. The number of rotatable bonds is 3. The molecule has 66 valence electrons. The van der Waals surface area contributed by atoms with Crippen molar-refractivity contribution >= 4 is 43.9 Å². The molecule has 0 radical (unpaired) electrons. The molecule has 0 aromatic heterocycles. The average molecular weight is 212 g/mol. The Balaban J connectivity index is 3.71. The van der Waals surface area contributed by atoms with Crippen molar-refractivity contribution < 1.29 is 9.53 Å². The predicted molar refractivity (Wildman–Crippen MR) is 55.5 cm³/mol. The molecule has 2 nitrogen and oxygen atoms in total. The van der Waals surface area contributed by atoms with E-state index >= 15 is 0 Å². The van der Waals surface area contributed by atoms with Crippen molar-refractivity contribution in [2.45, 2.75) is 17.3 Å². The van der Waals surface area contributed by atoms with E-state index < -0.39 is 9.38 Å². The van der Waals surface area contributed by atoms with Crippen LogP contribution in [0.2, 0.25) is 0 Å². The first-order chi connectivity index (χ1) is 4.84. The third-order valence-corrected chi connectivity index (χ3v) is 1.37. The number of hydrogen-bond donors (Lipinski definition) is 3. The minimum atomic E-state index is -1.28. The van der Waals surface area contributed by atoms with Gasteiger partial charge in [-0.05, 0) is 5.92 Å². The Hall–Kier alpha value is 0.520. The van der Waals surface area contributed by atoms with Crippen LogP contribution in [0.25, 0.3) is 0 Å². The van der Waals surface area contributed by atoms with E-state index in [1.807, 2.05) is 13.8 Å². The van der Waals surface area contributed by atoms with Crippen molar-refractivity contribution in [3.63, 3.8) is 0 Å². The molecule has 0 atom stereocenters. The van der Waals surface area contributed by atoms with E-state index in [2.05, 4.69) is 37.9 Å². The highest BCUT2D eigenvalue weighted by Crippen LogP contribution is 2.25. The van der Waals surface area contributed by atoms with E-state index in [0.717, 1.165) is 0 Å². The molecule has 0 N–H and O–H groups in total. The smallest absolute Gasteiger partial charge is 0.342 e. The van der Waals surface area contributed by atoms with E-state index in [9.17, 15) is 4.79 Å². The molecule has 0 aliphatic heterocycles. The van der Waals surface area contributed by atoms with Crippen LogP contribution in [-0.4, -0.2) is 16.0 Å². The van der Waals surface area contributed by atoms with Crippen LogP contribution in [0.3, 0.4) is 0 Å². The molecular weight excluding hydrogens is 200 g/mol. The SMILES string of the molecule is CC(C)COC(=O)C(S)(S)S. The van der Waals surface area contributed by atoms with Crippen LogP contribution in [0.1, 0.15) is 13.8 Å². The summed E-state index contributed by atoms with van der Waals surface area (Å²) in [6, 6.07) is 0. The molecule has 0 saturated carbocycles. The molecular formula is C6H12O2S3. The molecule has 0 saturated heterocycles. The highest BCUT2D eigenvalue weighted by molar-refractivity contribution is 8.18. The molecule has 5 heteroatoms. The lowest BCUT2D eigenvalue weighted by Crippen LogP contribution is -2.24. The molecule has 0 heterocycles. The molecule has 11 heavy (non-hydrogen) atoms. The van der Waals surface area contributed by atoms with Crippen molar-refractivity contribution in [2.24, 2.45) is 5.92 Å². The lowest BCUT2D eigenvalue weighted by Gasteiger charge is -2.14. The van der Waals surface area contributed by atoms with Gasteiger partial charge < -0.3 is 4.74 Å². The third kappa shape index (κ3) is 5.75. The van der Waals surface area contributed by atoms with Crippen LogP contribution in [0.15, 0.2) is 0 Å². The summed E-state index contributed by atoms with van der Waals surface area (Å²) in [6.45, 7) is 4.28. The first-order valence-electron chi connectivity index (χ1n) is 3.18. The molecule has 0 rings (SSSR count). The maximum absolute atomic E-state index is 10.9. The Morgan fingerprint density at radius 2 is 1.91 bits per heavy atom. The van der Waals surface area contributed by atoms with Crippen LogP contribution in [-0.2, 0) is 9.53 Å². The minimum absolute atomic E-state index is 0.316. The van der Waals surface area contributed by atoms with Crippen molar-refractivity contribution in [2.75, 3.05) is 6.61 Å². The summed E-state index contributed by atoms with van der Waals surface area (Å²) in [4.78, 5) is 10.9. The van der Waals surface area contributed by atoms with E-state index in [4.69, 9.17) is 4.74 Å². The molecule has 0 bridgehead atoms. The second kappa shape index (κ2) is 4.52. The lowest BCUT2D eigenvalue weighted by molar-refractivity contribution is -0.142. The van der Waals surface area contributed by atoms with Gasteiger partial charge in [-0.3, -0.25) is 0 Å². The van der Waals surface area contributed by atoms with Gasteiger partial charge in [-0.25, -0.2) is 4.79 Å². The van der Waals surface area contributed by atoms with Gasteiger partial charge in [0.2, 0.25) is 0 Å². The highest BCUT2D eigenvalue weighted by atomic mass is 32.2. The Morgan fingerprint density at radius 1 is 1.45 bits per heavy atom. The summed E-state index contributed by atoms with van der Waals surface area (Å²) in [7, 11) is 0. The number of hydrogen-bond acceptors (Lipinski definition) is 5. The normalized spacial score (nSPS) is 11.8. The lowest BCUT2D eigenvalue weighted by atomic mass is 10.2. The second-order valence-electron chi connectivity index (χ2n) is 2.63. The minimum Gasteiger partial charge on any atom is -0.463 e. The van der Waals surface area contributed by atoms with Gasteiger partial charge in [-0.15, -0.1) is 37.9 Å². The Bertz CT molecular complexity index is 139. The van der Waals surface area contributed by atoms with Gasteiger partial charge in [0.15, 0.2) is 3.41 Å². The van der Waals surface area contributed by atoms with Crippen LogP contribution in [0, 0.1) is 5.92 Å². The fraction of sp³-hybridized carbons (Fsp3) is 0.833. The van der Waals surface area contributed by atoms with E-state index in [1.165, 1.54) is 0 Å². The van der Waals surface area contributed by atoms with Gasteiger partial charge >= 0.3 is 5.97 Å². The van der Waals surface area contributed by atoms with Gasteiger partial charge in [0.25, 0.3) is 0 Å². The molecule has 0 fully saturated rings. The average Bonchev–Trinajstić information content (AvgIpc) is 1.80. The van der Waals surface area contributed by atoms with Crippen LogP contribution >= 0.6 is 37.9 Å². The summed E-state index contributed by atoms with van der Waals surface area (Å²) >= 11 is 11.4. The van der Waals surface area contributed by atoms with Gasteiger partial charge in [-0.1, -0.05) is 13.8 Å². The van der Waals surface area contributed by atoms with Crippen molar-refractivity contribution in [3.8, 4) is 0 Å². The Labute approximate surface area is 83.3 Å². The summed E-state index contributed by atoms with van der Waals surface area (Å²) in [5.41, 5.74) is 0. The summed E-state index contributed by atoms with van der Waals surface area (Å²) in [5, 5.41) is 0. The second-order valence-corrected chi connectivity index (χ2v) is 5.70. The standard InChI is InChI=1S/C6H12O2S3/c1-4(2)3-8-5(7)6(9,10)11/h4,9-11H,3H2,1-2H3. The largest absolute Gasteiger partial charge is 0.463 e. The highest BCUT2D eigenvalue weighted by Gasteiger charge is 2.26. The molecule has 0 aromatic rings. The van der Waals surface area contributed by atoms with Crippen LogP contribution in [0.4, 0.5) is 0 Å². The maximum Gasteiger partial charge on any atom is 0.342 e. The first-order valence-corrected chi connectivity index (χ1v) is 4.52. The van der Waals surface area contributed by atoms with Crippen molar-refractivity contribution in [1.82, 2.24) is 0 Å². The quantitative estimate of drug-likeness (QED) is 0.377. The van der Waals surface area contributed by atoms with E-state index in [1.54, 1.807) is 0 Å². The van der Waals surface area contributed by atoms with Gasteiger partial charge in [-0.2, -0.15) is 0 Å². The topological polar surface area (TPSA) is 26.3 Å². The first kappa shape index (κ1) is 11.5. The molecule has 0 aromatic carbocycles. The molecule has 0 aliphatic rings. The zero-order chi connectivity index (χ0) is 9.07. The van der Waals surface area contributed by atoms with E-state index in [-0.39, 0.29) is 0 Å². The molecule has 0 spiro atoms. The maximum atomic E-state index is 10.9. The molecule has 0 amide bonds. The zero-order valence-electron chi connectivity index (χ0n) is 6.44. The summed E-state index contributed by atoms with van der Waals surface area (Å²) < 4.78 is 3.52. The van der Waals surface area contributed by atoms with Crippen molar-refractivity contribution in [3.05, 3.63) is 0 Å². The van der Waals surface area contributed by atoms with Crippen molar-refractivity contribution in [1.29, 1.82) is 0 Å². The van der Waals surface area contributed by atoms with Crippen LogP contribution < -0.4 is 0 Å². The van der Waals surface area contributed by atoms with Gasteiger partial charge in [0, 0.05) is 0 Å². The Morgan fingerprint density at radius 3 is 2.18 bits per heavy atom. The fourth-order valence-electron chi connectivity index (χ4n) is 0.339. The number of carbonyl (C=O) groups is 1. The fourth-order valence-corrected chi connectivity index (χ4v) is 0.533. The molecule has 0 aliphatic carbocycles. The van der Waals surface area contributed by atoms with E-state index in [0.29, 0.717) is 12.5 Å². The summed E-state index contributed by atoms with van der Waals surface area (Å²) in [5.74, 6) is -0.211. The monoisotopic (exact) mass is 212 g/mol. The molecule has 0 unspecified atom stereocenters. The third-order valence-electron chi connectivity index (χ3n) is 0.822. The summed E-state index contributed by atoms with van der Waals surface area (Å²) in [6.07, 6.45) is 0.